The van der Waals surface area contributed by atoms with Crippen molar-refractivity contribution >= 4 is 11.9 Å². The summed E-state index contributed by atoms with van der Waals surface area (Å²) in [7, 11) is 0. The molecule has 0 saturated carbocycles. The van der Waals surface area contributed by atoms with Crippen molar-refractivity contribution in [2.75, 3.05) is 13.1 Å². The van der Waals surface area contributed by atoms with Gasteiger partial charge in [-0.15, -0.1) is 0 Å². The van der Waals surface area contributed by atoms with Crippen LogP contribution in [0, 0.1) is 11.8 Å². The summed E-state index contributed by atoms with van der Waals surface area (Å²) in [5.74, 6) is -0.760. The Bertz CT molecular complexity index is 745. The van der Waals surface area contributed by atoms with Crippen LogP contribution < -0.4 is 0 Å². The second-order valence-electron chi connectivity index (χ2n) is 6.34. The van der Waals surface area contributed by atoms with Crippen LogP contribution in [0.2, 0.25) is 0 Å². The fourth-order valence-corrected chi connectivity index (χ4v) is 3.21. The second kappa shape index (κ2) is 6.83. The molecule has 1 aromatic carbocycles. The molecule has 5 heteroatoms. The number of hydrogen-bond donors (Lipinski definition) is 1. The van der Waals surface area contributed by atoms with Crippen molar-refractivity contribution in [3.05, 3.63) is 54.4 Å². The van der Waals surface area contributed by atoms with Gasteiger partial charge in [-0.25, -0.2) is 0 Å². The summed E-state index contributed by atoms with van der Waals surface area (Å²) in [6, 6.07) is 13.5. The van der Waals surface area contributed by atoms with Crippen LogP contribution >= 0.6 is 0 Å². The number of rotatable bonds is 4. The van der Waals surface area contributed by atoms with Crippen molar-refractivity contribution in [2.24, 2.45) is 11.8 Å². The van der Waals surface area contributed by atoms with Gasteiger partial charge < -0.3 is 10.0 Å². The van der Waals surface area contributed by atoms with Gasteiger partial charge >= 0.3 is 5.97 Å². The Morgan fingerprint density at radius 2 is 1.92 bits per heavy atom. The molecule has 2 atom stereocenters. The Kier molecular flexibility index (Phi) is 4.60. The van der Waals surface area contributed by atoms with E-state index in [1.54, 1.807) is 17.2 Å². The van der Waals surface area contributed by atoms with Crippen LogP contribution in [-0.2, 0) is 4.79 Å². The standard InChI is InChI=1S/C19H20N2O3/c1-13-11-21(12-16(13)10-18(22)23)19(24)17-9-15(7-8-20-17)14-5-3-2-4-6-14/h2-9,13,16H,10-12H2,1H3,(H,22,23)/t13-,16-/m1/s1. The van der Waals surface area contributed by atoms with Gasteiger partial charge in [0.05, 0.1) is 6.42 Å². The van der Waals surface area contributed by atoms with Gasteiger partial charge in [0.2, 0.25) is 0 Å². The first-order valence-electron chi connectivity index (χ1n) is 8.07. The van der Waals surface area contributed by atoms with Crippen molar-refractivity contribution < 1.29 is 14.7 Å². The smallest absolute Gasteiger partial charge is 0.303 e. The molecular formula is C19H20N2O3. The van der Waals surface area contributed by atoms with Crippen LogP contribution in [0.5, 0.6) is 0 Å². The van der Waals surface area contributed by atoms with Gasteiger partial charge in [0.15, 0.2) is 0 Å². The summed E-state index contributed by atoms with van der Waals surface area (Å²) in [6.45, 7) is 3.05. The molecule has 3 rings (SSSR count). The first kappa shape index (κ1) is 16.2. The molecule has 1 aromatic heterocycles. The molecule has 2 heterocycles. The van der Waals surface area contributed by atoms with Gasteiger partial charge in [-0.1, -0.05) is 37.3 Å². The van der Waals surface area contributed by atoms with E-state index in [4.69, 9.17) is 5.11 Å². The van der Waals surface area contributed by atoms with Crippen molar-refractivity contribution in [1.29, 1.82) is 0 Å². The minimum absolute atomic E-state index is 0.00348. The van der Waals surface area contributed by atoms with Gasteiger partial charge in [0, 0.05) is 19.3 Å². The molecule has 1 N–H and O–H groups in total. The molecule has 2 aromatic rings. The third-order valence-corrected chi connectivity index (χ3v) is 4.58. The summed E-state index contributed by atoms with van der Waals surface area (Å²) in [6.07, 6.45) is 1.74. The fourth-order valence-electron chi connectivity index (χ4n) is 3.21. The third kappa shape index (κ3) is 3.45. The highest BCUT2D eigenvalue weighted by Gasteiger charge is 2.34. The number of carboxylic acid groups (broad SMARTS) is 1. The number of aliphatic carboxylic acids is 1. The van der Waals surface area contributed by atoms with Crippen LogP contribution in [0.1, 0.15) is 23.8 Å². The molecule has 0 unspecified atom stereocenters. The zero-order valence-corrected chi connectivity index (χ0v) is 13.6. The summed E-state index contributed by atoms with van der Waals surface area (Å²) in [5, 5.41) is 8.98. The highest BCUT2D eigenvalue weighted by molar-refractivity contribution is 5.93. The van der Waals surface area contributed by atoms with E-state index < -0.39 is 5.97 Å². The van der Waals surface area contributed by atoms with Crippen LogP contribution in [0.3, 0.4) is 0 Å². The number of carbonyl (C=O) groups is 2. The SMILES string of the molecule is C[C@@H]1CN(C(=O)c2cc(-c3ccccc3)ccn2)C[C@H]1CC(=O)O. The predicted octanol–water partition coefficient (Wildman–Crippen LogP) is 2.93. The summed E-state index contributed by atoms with van der Waals surface area (Å²) in [5.41, 5.74) is 2.38. The molecule has 1 fully saturated rings. The lowest BCUT2D eigenvalue weighted by atomic mass is 9.95. The number of aromatic nitrogens is 1. The van der Waals surface area contributed by atoms with Crippen LogP contribution in [0.25, 0.3) is 11.1 Å². The summed E-state index contributed by atoms with van der Waals surface area (Å²) < 4.78 is 0. The van der Waals surface area contributed by atoms with E-state index in [0.29, 0.717) is 18.8 Å². The normalized spacial score (nSPS) is 20.1. The largest absolute Gasteiger partial charge is 0.481 e. The topological polar surface area (TPSA) is 70.5 Å². The number of benzene rings is 1. The zero-order valence-electron chi connectivity index (χ0n) is 13.6. The number of nitrogens with zero attached hydrogens (tertiary/aromatic N) is 2. The molecule has 24 heavy (non-hydrogen) atoms. The van der Waals surface area contributed by atoms with Crippen molar-refractivity contribution in [1.82, 2.24) is 9.88 Å². The lowest BCUT2D eigenvalue weighted by Crippen LogP contribution is -2.29. The quantitative estimate of drug-likeness (QED) is 0.939. The Morgan fingerprint density at radius 3 is 2.62 bits per heavy atom. The van der Waals surface area contributed by atoms with E-state index in [-0.39, 0.29) is 24.2 Å². The Labute approximate surface area is 140 Å². The first-order chi connectivity index (χ1) is 11.5. The van der Waals surface area contributed by atoms with E-state index in [0.717, 1.165) is 11.1 Å². The van der Waals surface area contributed by atoms with Crippen molar-refractivity contribution in [3.63, 3.8) is 0 Å². The number of carbonyl (C=O) groups excluding carboxylic acids is 1. The average molecular weight is 324 g/mol. The Balaban J connectivity index is 1.78. The van der Waals surface area contributed by atoms with Gasteiger partial charge in [-0.05, 0) is 35.1 Å². The maximum absolute atomic E-state index is 12.7. The predicted molar refractivity (Wildman–Crippen MR) is 90.5 cm³/mol. The minimum atomic E-state index is -0.814. The summed E-state index contributed by atoms with van der Waals surface area (Å²) >= 11 is 0. The number of carboxylic acids is 1. The monoisotopic (exact) mass is 324 g/mol. The van der Waals surface area contributed by atoms with E-state index in [1.807, 2.05) is 43.3 Å². The summed E-state index contributed by atoms with van der Waals surface area (Å²) in [4.78, 5) is 29.6. The maximum atomic E-state index is 12.7. The van der Waals surface area contributed by atoms with Crippen LogP contribution in [0.4, 0.5) is 0 Å². The van der Waals surface area contributed by atoms with Crippen molar-refractivity contribution in [2.45, 2.75) is 13.3 Å². The molecule has 1 saturated heterocycles. The van der Waals surface area contributed by atoms with Crippen LogP contribution in [0.15, 0.2) is 48.7 Å². The van der Waals surface area contributed by atoms with E-state index in [1.165, 1.54) is 0 Å². The average Bonchev–Trinajstić information content (AvgIpc) is 2.95. The highest BCUT2D eigenvalue weighted by atomic mass is 16.4. The lowest BCUT2D eigenvalue weighted by molar-refractivity contribution is -0.138. The zero-order chi connectivity index (χ0) is 17.1. The molecule has 5 nitrogen and oxygen atoms in total. The molecule has 0 spiro atoms. The number of hydrogen-bond acceptors (Lipinski definition) is 3. The van der Waals surface area contributed by atoms with E-state index in [9.17, 15) is 9.59 Å². The number of pyridine rings is 1. The van der Waals surface area contributed by atoms with Crippen LogP contribution in [-0.4, -0.2) is 40.0 Å². The highest BCUT2D eigenvalue weighted by Crippen LogP contribution is 2.27. The molecule has 124 valence electrons. The van der Waals surface area contributed by atoms with Gasteiger partial charge in [-0.3, -0.25) is 14.6 Å². The maximum Gasteiger partial charge on any atom is 0.303 e. The molecular weight excluding hydrogens is 304 g/mol. The molecule has 0 aliphatic carbocycles. The molecule has 1 aliphatic rings. The molecule has 0 bridgehead atoms. The molecule has 0 radical (unpaired) electrons. The lowest BCUT2D eigenvalue weighted by Gasteiger charge is -2.16. The first-order valence-corrected chi connectivity index (χ1v) is 8.07. The number of amides is 1. The van der Waals surface area contributed by atoms with Gasteiger partial charge in [-0.2, -0.15) is 0 Å². The Morgan fingerprint density at radius 1 is 1.17 bits per heavy atom. The number of likely N-dealkylation sites (tertiary alicyclic amines) is 1. The Hall–Kier alpha value is -2.69. The molecule has 1 amide bonds. The van der Waals surface area contributed by atoms with Gasteiger partial charge in [0.1, 0.15) is 5.69 Å². The third-order valence-electron chi connectivity index (χ3n) is 4.58. The van der Waals surface area contributed by atoms with E-state index in [2.05, 4.69) is 4.98 Å². The minimum Gasteiger partial charge on any atom is -0.481 e. The van der Waals surface area contributed by atoms with Gasteiger partial charge in [0.25, 0.3) is 5.91 Å². The van der Waals surface area contributed by atoms with Crippen molar-refractivity contribution in [3.8, 4) is 11.1 Å². The van der Waals surface area contributed by atoms with E-state index >= 15 is 0 Å². The fraction of sp³-hybridized carbons (Fsp3) is 0.316. The molecule has 1 aliphatic heterocycles. The second-order valence-corrected chi connectivity index (χ2v) is 6.34.